The number of carbonyl (C=O) groups is 2. The Morgan fingerprint density at radius 2 is 2.09 bits per heavy atom. The van der Waals surface area contributed by atoms with Gasteiger partial charge in [-0.25, -0.2) is 0 Å². The van der Waals surface area contributed by atoms with Gasteiger partial charge in [0, 0.05) is 20.2 Å². The molecule has 0 aromatic heterocycles. The number of hydrogen-bond acceptors (Lipinski definition) is 3. The minimum Gasteiger partial charge on any atom is -0.375 e. The van der Waals surface area contributed by atoms with Gasteiger partial charge in [0.25, 0.3) is 0 Å². The summed E-state index contributed by atoms with van der Waals surface area (Å²) in [6, 6.07) is -0.466. The van der Waals surface area contributed by atoms with Crippen LogP contribution in [0.3, 0.4) is 0 Å². The van der Waals surface area contributed by atoms with Crippen molar-refractivity contribution in [1.82, 2.24) is 10.2 Å². The molecule has 1 fully saturated rings. The Labute approximate surface area is 139 Å². The Morgan fingerprint density at radius 3 is 2.70 bits per heavy atom. The maximum absolute atomic E-state index is 13.0. The number of rotatable bonds is 5. The minimum atomic E-state index is -0.466. The van der Waals surface area contributed by atoms with Crippen LogP contribution in [0.15, 0.2) is 12.2 Å². The fourth-order valence-corrected chi connectivity index (χ4v) is 3.77. The Kier molecular flexibility index (Phi) is 6.22. The molecule has 0 aromatic carbocycles. The lowest BCUT2D eigenvalue weighted by molar-refractivity contribution is -0.141. The van der Waals surface area contributed by atoms with Gasteiger partial charge in [-0.2, -0.15) is 0 Å². The van der Waals surface area contributed by atoms with E-state index in [9.17, 15) is 9.59 Å². The number of nitrogens with zero attached hydrogens (tertiary/aromatic N) is 1. The Hall–Kier alpha value is -1.36. The number of allylic oxidation sites excluding steroid dienone is 2. The van der Waals surface area contributed by atoms with Crippen molar-refractivity contribution in [2.24, 2.45) is 11.3 Å². The van der Waals surface area contributed by atoms with Gasteiger partial charge in [-0.05, 0) is 43.4 Å². The molecule has 0 aromatic rings. The fraction of sp³-hybridized carbons (Fsp3) is 0.778. The molecule has 2 atom stereocenters. The van der Waals surface area contributed by atoms with Gasteiger partial charge in [0.05, 0.1) is 0 Å². The molecule has 0 bridgehead atoms. The number of piperidine rings is 1. The fourth-order valence-electron chi connectivity index (χ4n) is 3.77. The predicted molar refractivity (Wildman–Crippen MR) is 89.9 cm³/mol. The Bertz CT molecular complexity index is 461. The average Bonchev–Trinajstić information content (AvgIpc) is 2.53. The van der Waals surface area contributed by atoms with Crippen molar-refractivity contribution in [2.75, 3.05) is 26.8 Å². The molecule has 0 saturated carbocycles. The number of ether oxygens (including phenoxy) is 1. The lowest BCUT2D eigenvalue weighted by Gasteiger charge is -2.45. The largest absolute Gasteiger partial charge is 0.375 e. The zero-order chi connectivity index (χ0) is 16.9. The first-order valence-electron chi connectivity index (χ1n) is 8.69. The lowest BCUT2D eigenvalue weighted by atomic mass is 9.71. The summed E-state index contributed by atoms with van der Waals surface area (Å²) in [7, 11) is 1.48. The highest BCUT2D eigenvalue weighted by Gasteiger charge is 2.39. The molecule has 0 radical (unpaired) electrons. The highest BCUT2D eigenvalue weighted by atomic mass is 16.5. The van der Waals surface area contributed by atoms with Crippen molar-refractivity contribution in [2.45, 2.75) is 52.0 Å². The van der Waals surface area contributed by atoms with Gasteiger partial charge in [0.1, 0.15) is 12.6 Å². The second kappa shape index (κ2) is 7.95. The third-order valence-electron chi connectivity index (χ3n) is 5.06. The van der Waals surface area contributed by atoms with Gasteiger partial charge in [-0.15, -0.1) is 0 Å². The zero-order valence-corrected chi connectivity index (χ0v) is 14.6. The van der Waals surface area contributed by atoms with Crippen molar-refractivity contribution in [3.05, 3.63) is 12.2 Å². The first-order valence-corrected chi connectivity index (χ1v) is 8.69. The van der Waals surface area contributed by atoms with E-state index in [4.69, 9.17) is 4.74 Å². The monoisotopic (exact) mass is 322 g/mol. The standard InChI is InChI=1S/C18H30N2O3/c1-14(2)16(19-15(21)12-23-3)17(22)20-11-7-10-18(13-20)8-5-4-6-9-18/h4-5,14,16H,6-13H2,1-3H3,(H,19,21)/t16-,18+/m0/s1. The second-order valence-electron chi connectivity index (χ2n) is 7.30. The van der Waals surface area contributed by atoms with E-state index in [1.165, 1.54) is 13.5 Å². The molecule has 1 heterocycles. The molecule has 23 heavy (non-hydrogen) atoms. The van der Waals surface area contributed by atoms with Gasteiger partial charge in [0.15, 0.2) is 0 Å². The summed E-state index contributed by atoms with van der Waals surface area (Å²) in [5.41, 5.74) is 0.251. The molecule has 2 rings (SSSR count). The van der Waals surface area contributed by atoms with Crippen molar-refractivity contribution in [3.8, 4) is 0 Å². The van der Waals surface area contributed by atoms with Crippen LogP contribution in [0.4, 0.5) is 0 Å². The summed E-state index contributed by atoms with van der Waals surface area (Å²) in [6.45, 7) is 5.55. The minimum absolute atomic E-state index is 0.00870. The quantitative estimate of drug-likeness (QED) is 0.789. The number of likely N-dealkylation sites (tertiary alicyclic amines) is 1. The van der Waals surface area contributed by atoms with Gasteiger partial charge in [0.2, 0.25) is 11.8 Å². The molecule has 5 heteroatoms. The normalized spacial score (nSPS) is 25.7. The van der Waals surface area contributed by atoms with Crippen LogP contribution in [-0.2, 0) is 14.3 Å². The molecule has 0 unspecified atom stereocenters. The van der Waals surface area contributed by atoms with E-state index in [1.807, 2.05) is 18.7 Å². The van der Waals surface area contributed by atoms with E-state index < -0.39 is 6.04 Å². The highest BCUT2D eigenvalue weighted by molar-refractivity contribution is 5.88. The summed E-state index contributed by atoms with van der Waals surface area (Å²) < 4.78 is 4.85. The van der Waals surface area contributed by atoms with E-state index in [0.717, 1.165) is 38.8 Å². The number of hydrogen-bond donors (Lipinski definition) is 1. The predicted octanol–water partition coefficient (Wildman–Crippen LogP) is 2.12. The van der Waals surface area contributed by atoms with Crippen molar-refractivity contribution >= 4 is 11.8 Å². The van der Waals surface area contributed by atoms with Crippen LogP contribution in [0.5, 0.6) is 0 Å². The SMILES string of the molecule is COCC(=O)N[C@H](C(=O)N1CCC[C@]2(CC=CCC2)C1)C(C)C. The van der Waals surface area contributed by atoms with Crippen LogP contribution < -0.4 is 5.32 Å². The first-order chi connectivity index (χ1) is 11.0. The first kappa shape index (κ1) is 18.0. The molecular weight excluding hydrogens is 292 g/mol. The Balaban J connectivity index is 2.03. The van der Waals surface area contributed by atoms with E-state index in [0.29, 0.717) is 0 Å². The van der Waals surface area contributed by atoms with E-state index in [-0.39, 0.29) is 29.8 Å². The van der Waals surface area contributed by atoms with E-state index >= 15 is 0 Å². The number of nitrogens with one attached hydrogen (secondary N) is 1. The zero-order valence-electron chi connectivity index (χ0n) is 14.6. The average molecular weight is 322 g/mol. The van der Waals surface area contributed by atoms with Crippen LogP contribution in [0.2, 0.25) is 0 Å². The second-order valence-corrected chi connectivity index (χ2v) is 7.30. The third kappa shape index (κ3) is 4.56. The van der Waals surface area contributed by atoms with E-state index in [2.05, 4.69) is 17.5 Å². The van der Waals surface area contributed by atoms with Gasteiger partial charge in [-0.1, -0.05) is 26.0 Å². The smallest absolute Gasteiger partial charge is 0.246 e. The summed E-state index contributed by atoms with van der Waals surface area (Å²) in [5, 5.41) is 2.84. The van der Waals surface area contributed by atoms with Crippen molar-refractivity contribution < 1.29 is 14.3 Å². The van der Waals surface area contributed by atoms with Crippen LogP contribution in [0, 0.1) is 11.3 Å². The van der Waals surface area contributed by atoms with Crippen LogP contribution >= 0.6 is 0 Å². The molecule has 1 spiro atoms. The number of methoxy groups -OCH3 is 1. The molecular formula is C18H30N2O3. The lowest BCUT2D eigenvalue weighted by Crippen LogP contribution is -2.55. The molecule has 2 amide bonds. The van der Waals surface area contributed by atoms with Crippen molar-refractivity contribution in [1.29, 1.82) is 0 Å². The highest BCUT2D eigenvalue weighted by Crippen LogP contribution is 2.40. The summed E-state index contributed by atoms with van der Waals surface area (Å²) in [4.78, 5) is 26.8. The van der Waals surface area contributed by atoms with Crippen LogP contribution in [0.25, 0.3) is 0 Å². The van der Waals surface area contributed by atoms with Crippen LogP contribution in [0.1, 0.15) is 46.0 Å². The van der Waals surface area contributed by atoms with Gasteiger partial charge < -0.3 is 15.0 Å². The van der Waals surface area contributed by atoms with Crippen LogP contribution in [-0.4, -0.2) is 49.6 Å². The molecule has 130 valence electrons. The summed E-state index contributed by atoms with van der Waals surface area (Å²) in [5.74, 6) is -0.114. The summed E-state index contributed by atoms with van der Waals surface area (Å²) in [6.07, 6.45) is 10.1. The maximum atomic E-state index is 13.0. The van der Waals surface area contributed by atoms with Crippen molar-refractivity contribution in [3.63, 3.8) is 0 Å². The molecule has 1 aliphatic heterocycles. The summed E-state index contributed by atoms with van der Waals surface area (Å²) >= 11 is 0. The van der Waals surface area contributed by atoms with E-state index in [1.54, 1.807) is 0 Å². The maximum Gasteiger partial charge on any atom is 0.246 e. The molecule has 1 N–H and O–H groups in total. The Morgan fingerprint density at radius 1 is 1.30 bits per heavy atom. The topological polar surface area (TPSA) is 58.6 Å². The molecule has 2 aliphatic rings. The third-order valence-corrected chi connectivity index (χ3v) is 5.06. The van der Waals surface area contributed by atoms with Gasteiger partial charge >= 0.3 is 0 Å². The molecule has 5 nitrogen and oxygen atoms in total. The molecule has 1 saturated heterocycles. The molecule has 1 aliphatic carbocycles. The number of carbonyl (C=O) groups excluding carboxylic acids is 2. The number of amides is 2. The van der Waals surface area contributed by atoms with Gasteiger partial charge in [-0.3, -0.25) is 9.59 Å².